The third-order valence-corrected chi connectivity index (χ3v) is 7.15. The van der Waals surface area contributed by atoms with Crippen LogP contribution in [-0.2, 0) is 9.59 Å². The number of carbonyl (C=O) groups is 3. The number of benzene rings is 2. The van der Waals surface area contributed by atoms with E-state index in [9.17, 15) is 14.4 Å². The first kappa shape index (κ1) is 23.0. The van der Waals surface area contributed by atoms with E-state index in [1.165, 1.54) is 9.80 Å². The van der Waals surface area contributed by atoms with E-state index in [0.29, 0.717) is 28.4 Å². The van der Waals surface area contributed by atoms with Crippen LogP contribution in [0.15, 0.2) is 41.8 Å². The lowest BCUT2D eigenvalue weighted by atomic mass is 9.99. The summed E-state index contributed by atoms with van der Waals surface area (Å²) in [6.45, 7) is 7.00. The van der Waals surface area contributed by atoms with Crippen LogP contribution >= 0.6 is 11.3 Å². The Hall–Kier alpha value is -3.72. The lowest BCUT2D eigenvalue weighted by Gasteiger charge is -2.36. The van der Waals surface area contributed by atoms with Crippen molar-refractivity contribution in [2.45, 2.75) is 45.9 Å². The fourth-order valence-corrected chi connectivity index (χ4v) is 5.06. The molecule has 5 rings (SSSR count). The zero-order chi connectivity index (χ0) is 25.0. The second-order valence-corrected chi connectivity index (χ2v) is 9.84. The van der Waals surface area contributed by atoms with Gasteiger partial charge in [0, 0.05) is 23.6 Å². The van der Waals surface area contributed by atoms with Crippen molar-refractivity contribution in [1.29, 1.82) is 0 Å². The molecule has 3 aromatic rings. The molecule has 3 unspecified atom stereocenters. The monoisotopic (exact) mass is 491 g/mol. The molecule has 180 valence electrons. The highest BCUT2D eigenvalue weighted by Gasteiger charge is 2.38. The maximum atomic E-state index is 13.6. The maximum Gasteiger partial charge on any atom is 0.268 e. The number of fused-ring (bicyclic) bond motifs is 2. The largest absolute Gasteiger partial charge is 0.479 e. The molecular weight excluding hydrogens is 466 g/mol. The summed E-state index contributed by atoms with van der Waals surface area (Å²) >= 11 is 1.54. The number of thiazole rings is 1. The van der Waals surface area contributed by atoms with Gasteiger partial charge in [-0.15, -0.1) is 11.3 Å². The van der Waals surface area contributed by atoms with Gasteiger partial charge in [-0.3, -0.25) is 19.3 Å². The predicted octanol–water partition coefficient (Wildman–Crippen LogP) is 4.25. The minimum atomic E-state index is -0.803. The van der Waals surface area contributed by atoms with E-state index in [4.69, 9.17) is 9.47 Å². The second kappa shape index (κ2) is 8.49. The fourth-order valence-electron chi connectivity index (χ4n) is 4.44. The molecule has 0 fully saturated rings. The zero-order valence-corrected chi connectivity index (χ0v) is 20.9. The Morgan fingerprint density at radius 3 is 2.34 bits per heavy atom. The number of carbonyl (C=O) groups excluding carboxylic acids is 3. The quantitative estimate of drug-likeness (QED) is 0.507. The van der Waals surface area contributed by atoms with Crippen molar-refractivity contribution in [3.63, 3.8) is 0 Å². The highest BCUT2D eigenvalue weighted by molar-refractivity contribution is 7.09. The summed E-state index contributed by atoms with van der Waals surface area (Å²) in [7, 11) is 1.66. The van der Waals surface area contributed by atoms with Crippen LogP contribution in [0.3, 0.4) is 0 Å². The minimum absolute atomic E-state index is 0.189. The highest BCUT2D eigenvalue weighted by atomic mass is 32.1. The predicted molar refractivity (Wildman–Crippen MR) is 134 cm³/mol. The van der Waals surface area contributed by atoms with E-state index in [0.717, 1.165) is 16.3 Å². The van der Waals surface area contributed by atoms with Gasteiger partial charge in [0.1, 0.15) is 11.5 Å². The average molecular weight is 492 g/mol. The molecule has 3 atom stereocenters. The first-order valence-corrected chi connectivity index (χ1v) is 12.2. The second-order valence-electron chi connectivity index (χ2n) is 8.78. The van der Waals surface area contributed by atoms with Crippen molar-refractivity contribution >= 4 is 40.3 Å². The van der Waals surface area contributed by atoms with Crippen molar-refractivity contribution in [2.24, 2.45) is 0 Å². The van der Waals surface area contributed by atoms with E-state index < -0.39 is 18.2 Å². The molecule has 0 radical (unpaired) electrons. The van der Waals surface area contributed by atoms with Gasteiger partial charge >= 0.3 is 0 Å². The van der Waals surface area contributed by atoms with Gasteiger partial charge in [0.25, 0.3) is 11.8 Å². The van der Waals surface area contributed by atoms with Gasteiger partial charge < -0.3 is 14.4 Å². The van der Waals surface area contributed by atoms with Gasteiger partial charge in [-0.1, -0.05) is 0 Å². The topological polar surface area (TPSA) is 89.0 Å². The van der Waals surface area contributed by atoms with Crippen molar-refractivity contribution in [3.8, 4) is 22.8 Å². The zero-order valence-electron chi connectivity index (χ0n) is 20.1. The summed E-state index contributed by atoms with van der Waals surface area (Å²) < 4.78 is 11.5. The third-order valence-electron chi connectivity index (χ3n) is 6.38. The van der Waals surface area contributed by atoms with Crippen molar-refractivity contribution in [3.05, 3.63) is 52.3 Å². The van der Waals surface area contributed by atoms with Crippen molar-refractivity contribution in [2.75, 3.05) is 16.8 Å². The maximum absolute atomic E-state index is 13.6. The molecule has 0 saturated carbocycles. The van der Waals surface area contributed by atoms with Crippen LogP contribution in [0.4, 0.5) is 11.4 Å². The number of ether oxygens (including phenoxy) is 2. The van der Waals surface area contributed by atoms with Gasteiger partial charge in [-0.2, -0.15) is 0 Å². The molecule has 0 spiro atoms. The normalized spacial score (nSPS) is 20.0. The van der Waals surface area contributed by atoms with Crippen LogP contribution < -0.4 is 19.3 Å². The molecule has 3 heterocycles. The molecule has 35 heavy (non-hydrogen) atoms. The van der Waals surface area contributed by atoms with Crippen LogP contribution in [0.2, 0.25) is 0 Å². The molecule has 0 N–H and O–H groups in total. The molecule has 9 heteroatoms. The molecule has 2 amide bonds. The number of anilines is 2. The third kappa shape index (κ3) is 3.85. The van der Waals surface area contributed by atoms with Gasteiger partial charge in [-0.05, 0) is 64.1 Å². The lowest BCUT2D eigenvalue weighted by Crippen LogP contribution is -2.51. The summed E-state index contributed by atoms with van der Waals surface area (Å²) in [5, 5.41) is 2.89. The number of ketones is 1. The average Bonchev–Trinajstić information content (AvgIpc) is 3.28. The SMILES string of the molecule is Cc1nc(-c2ccc3c(c2)N(C(C)C(=O)c2ccc4c(c2)N(C)C(=O)C(C)O4)C(=O)C(C)O3)cs1. The number of likely N-dealkylation sites (N-methyl/N-ethyl adjacent to an activating group) is 1. The molecular formula is C26H25N3O5S. The molecule has 2 aliphatic rings. The standard InChI is InChI=1S/C26H25N3O5S/c1-13(24(30)18-7-9-22-20(11-18)28(5)25(31)14(2)33-22)29-21-10-17(19-12-35-16(4)27-19)6-8-23(21)34-15(3)26(29)32/h6-15H,1-5H3. The van der Waals surface area contributed by atoms with Gasteiger partial charge in [0.2, 0.25) is 0 Å². The molecule has 0 saturated heterocycles. The number of aromatic nitrogens is 1. The van der Waals surface area contributed by atoms with Crippen molar-refractivity contribution < 1.29 is 23.9 Å². The summed E-state index contributed by atoms with van der Waals surface area (Å²) in [4.78, 5) is 46.7. The molecule has 0 aliphatic carbocycles. The summed E-state index contributed by atoms with van der Waals surface area (Å²) in [5.74, 6) is 0.327. The first-order chi connectivity index (χ1) is 16.7. The Morgan fingerprint density at radius 1 is 1.00 bits per heavy atom. The van der Waals surface area contributed by atoms with E-state index in [2.05, 4.69) is 4.98 Å². The Balaban J connectivity index is 1.52. The van der Waals surface area contributed by atoms with E-state index in [1.807, 2.05) is 30.5 Å². The molecule has 2 aliphatic heterocycles. The number of aryl methyl sites for hydroxylation is 1. The first-order valence-electron chi connectivity index (χ1n) is 11.3. The number of rotatable bonds is 4. The van der Waals surface area contributed by atoms with Crippen molar-refractivity contribution in [1.82, 2.24) is 4.98 Å². The van der Waals surface area contributed by atoms with Crippen LogP contribution in [0.1, 0.15) is 36.1 Å². The van der Waals surface area contributed by atoms with Crippen LogP contribution in [-0.4, -0.2) is 47.9 Å². The van der Waals surface area contributed by atoms with Gasteiger partial charge in [0.05, 0.1) is 28.1 Å². The van der Waals surface area contributed by atoms with Crippen LogP contribution in [0.25, 0.3) is 11.3 Å². The molecule has 2 aromatic carbocycles. The fraction of sp³-hybridized carbons (Fsp3) is 0.308. The Morgan fingerprint density at radius 2 is 1.66 bits per heavy atom. The van der Waals surface area contributed by atoms with E-state index in [-0.39, 0.29) is 17.6 Å². The van der Waals surface area contributed by atoms with E-state index >= 15 is 0 Å². The number of hydrogen-bond acceptors (Lipinski definition) is 7. The minimum Gasteiger partial charge on any atom is -0.479 e. The highest BCUT2D eigenvalue weighted by Crippen LogP contribution is 2.40. The molecule has 1 aromatic heterocycles. The van der Waals surface area contributed by atoms with Crippen LogP contribution in [0, 0.1) is 6.92 Å². The number of hydrogen-bond donors (Lipinski definition) is 0. The number of amides is 2. The summed E-state index contributed by atoms with van der Waals surface area (Å²) in [6.07, 6.45) is -1.32. The van der Waals surface area contributed by atoms with Gasteiger partial charge in [-0.25, -0.2) is 4.98 Å². The summed E-state index contributed by atoms with van der Waals surface area (Å²) in [5.41, 5.74) is 3.07. The molecule has 8 nitrogen and oxygen atoms in total. The van der Waals surface area contributed by atoms with E-state index in [1.54, 1.807) is 57.4 Å². The smallest absolute Gasteiger partial charge is 0.268 e. The lowest BCUT2D eigenvalue weighted by molar-refractivity contribution is -0.126. The Bertz CT molecular complexity index is 1370. The number of Topliss-reactive ketones (excluding diaryl/α,β-unsaturated/α-hetero) is 1. The molecule has 0 bridgehead atoms. The van der Waals surface area contributed by atoms with Gasteiger partial charge in [0.15, 0.2) is 18.0 Å². The van der Waals surface area contributed by atoms with Crippen LogP contribution in [0.5, 0.6) is 11.5 Å². The summed E-state index contributed by atoms with van der Waals surface area (Å²) in [6, 6.07) is 9.74. The Labute approximate surface area is 207 Å². The Kier molecular flexibility index (Phi) is 5.59. The number of nitrogens with zero attached hydrogens (tertiary/aromatic N) is 3.